The molecule has 1 aromatic carbocycles. The number of hydrogen-bond acceptors (Lipinski definition) is 2. The van der Waals surface area contributed by atoms with Crippen molar-refractivity contribution in [1.82, 2.24) is 14.8 Å². The number of carbonyl (C=O) groups excluding carboxylic acids is 1. The molecule has 0 bridgehead atoms. The average molecular weight is 319 g/mol. The number of rotatable bonds is 2. The van der Waals surface area contributed by atoms with Crippen molar-refractivity contribution >= 4 is 38.4 Å². The first-order valence-electron chi connectivity index (χ1n) is 5.70. The molecule has 2 heterocycles. The van der Waals surface area contributed by atoms with Crippen LogP contribution < -0.4 is 5.32 Å². The van der Waals surface area contributed by atoms with Crippen LogP contribution in [0.3, 0.4) is 0 Å². The van der Waals surface area contributed by atoms with E-state index < -0.39 is 0 Å². The van der Waals surface area contributed by atoms with Gasteiger partial charge in [-0.1, -0.05) is 12.1 Å². The molecular weight excluding hydrogens is 308 g/mol. The molecule has 0 aliphatic carbocycles. The van der Waals surface area contributed by atoms with Gasteiger partial charge in [-0.2, -0.15) is 5.10 Å². The van der Waals surface area contributed by atoms with Gasteiger partial charge in [0.25, 0.3) is 5.91 Å². The van der Waals surface area contributed by atoms with Crippen LogP contribution >= 0.6 is 15.9 Å². The number of nitrogens with zero attached hydrogens (tertiary/aromatic N) is 2. The highest BCUT2D eigenvalue weighted by atomic mass is 79.9. The number of anilines is 1. The molecular formula is C13H11BrN4O. The van der Waals surface area contributed by atoms with E-state index in [1.807, 2.05) is 31.4 Å². The van der Waals surface area contributed by atoms with Crippen molar-refractivity contribution in [1.29, 1.82) is 0 Å². The number of H-pyrrole nitrogens is 1. The number of para-hydroxylation sites is 1. The van der Waals surface area contributed by atoms with E-state index in [9.17, 15) is 4.79 Å². The largest absolute Gasteiger partial charge is 0.345 e. The molecule has 0 aliphatic rings. The first-order valence-corrected chi connectivity index (χ1v) is 6.50. The predicted molar refractivity (Wildman–Crippen MR) is 77.2 cm³/mol. The summed E-state index contributed by atoms with van der Waals surface area (Å²) in [5.74, 6) is -0.157. The number of aromatic nitrogens is 3. The second kappa shape index (κ2) is 4.55. The highest BCUT2D eigenvalue weighted by Crippen LogP contribution is 2.22. The number of hydrogen-bond donors (Lipinski definition) is 2. The number of nitrogens with one attached hydrogen (secondary N) is 2. The van der Waals surface area contributed by atoms with Gasteiger partial charge in [0.2, 0.25) is 0 Å². The zero-order chi connectivity index (χ0) is 13.4. The summed E-state index contributed by atoms with van der Waals surface area (Å²) < 4.78 is 2.65. The highest BCUT2D eigenvalue weighted by molar-refractivity contribution is 9.10. The van der Waals surface area contributed by atoms with E-state index in [-0.39, 0.29) is 5.91 Å². The molecule has 0 saturated carbocycles. The van der Waals surface area contributed by atoms with E-state index in [4.69, 9.17) is 0 Å². The Hall–Kier alpha value is -2.08. The summed E-state index contributed by atoms with van der Waals surface area (Å²) >= 11 is 3.35. The molecule has 5 nitrogen and oxygen atoms in total. The summed E-state index contributed by atoms with van der Waals surface area (Å²) in [6, 6.07) is 7.45. The third-order valence-electron chi connectivity index (χ3n) is 2.93. The van der Waals surface area contributed by atoms with Gasteiger partial charge in [-0.25, -0.2) is 0 Å². The van der Waals surface area contributed by atoms with Gasteiger partial charge >= 0.3 is 0 Å². The first-order chi connectivity index (χ1) is 9.15. The van der Waals surface area contributed by atoms with Gasteiger partial charge in [-0.3, -0.25) is 9.89 Å². The molecule has 96 valence electrons. The van der Waals surface area contributed by atoms with Crippen LogP contribution in [0.1, 0.15) is 10.5 Å². The van der Waals surface area contributed by atoms with Crippen LogP contribution in [0, 0.1) is 0 Å². The topological polar surface area (TPSA) is 62.7 Å². The van der Waals surface area contributed by atoms with Gasteiger partial charge in [-0.05, 0) is 28.1 Å². The van der Waals surface area contributed by atoms with Crippen LogP contribution in [0.15, 0.2) is 41.1 Å². The molecule has 0 aliphatic heterocycles. The van der Waals surface area contributed by atoms with Gasteiger partial charge in [0.1, 0.15) is 5.69 Å². The maximum Gasteiger partial charge on any atom is 0.272 e. The molecule has 0 fully saturated rings. The third-order valence-corrected chi connectivity index (χ3v) is 3.36. The third kappa shape index (κ3) is 2.15. The van der Waals surface area contributed by atoms with Crippen molar-refractivity contribution in [2.24, 2.45) is 7.05 Å². The van der Waals surface area contributed by atoms with Crippen LogP contribution in [0.25, 0.3) is 10.9 Å². The first kappa shape index (κ1) is 12.0. The second-order valence-electron chi connectivity index (χ2n) is 4.25. The Labute approximate surface area is 117 Å². The Balaban J connectivity index is 1.95. The van der Waals surface area contributed by atoms with E-state index in [1.165, 1.54) is 0 Å². The number of amides is 1. The number of carbonyl (C=O) groups is 1. The molecule has 3 aromatic rings. The zero-order valence-corrected chi connectivity index (χ0v) is 11.7. The highest BCUT2D eigenvalue weighted by Gasteiger charge is 2.13. The van der Waals surface area contributed by atoms with Gasteiger partial charge < -0.3 is 9.88 Å². The van der Waals surface area contributed by atoms with Crippen molar-refractivity contribution in [2.45, 2.75) is 0 Å². The van der Waals surface area contributed by atoms with Crippen LogP contribution in [0.4, 0.5) is 5.69 Å². The van der Waals surface area contributed by atoms with E-state index >= 15 is 0 Å². The predicted octanol–water partition coefficient (Wildman–Crippen LogP) is 2.92. The molecule has 0 saturated heterocycles. The van der Waals surface area contributed by atoms with E-state index in [0.29, 0.717) is 5.69 Å². The molecule has 2 N–H and O–H groups in total. The minimum Gasteiger partial charge on any atom is -0.345 e. The lowest BCUT2D eigenvalue weighted by Gasteiger charge is -2.06. The van der Waals surface area contributed by atoms with Gasteiger partial charge in [0.15, 0.2) is 0 Å². The number of fused-ring (bicyclic) bond motifs is 1. The fraction of sp³-hybridized carbons (Fsp3) is 0.0769. The molecule has 19 heavy (non-hydrogen) atoms. The minimum absolute atomic E-state index is 0.157. The fourth-order valence-electron chi connectivity index (χ4n) is 2.01. The molecule has 6 heteroatoms. The van der Waals surface area contributed by atoms with Gasteiger partial charge in [-0.15, -0.1) is 0 Å². The monoisotopic (exact) mass is 318 g/mol. The summed E-state index contributed by atoms with van der Waals surface area (Å²) in [5, 5.41) is 10.7. The Morgan fingerprint density at radius 1 is 1.47 bits per heavy atom. The van der Waals surface area contributed by atoms with E-state index in [1.54, 1.807) is 16.8 Å². The lowest BCUT2D eigenvalue weighted by atomic mass is 10.2. The molecule has 1 amide bonds. The number of aryl methyl sites for hydroxylation is 1. The molecule has 3 rings (SSSR count). The Kier molecular flexibility index (Phi) is 2.87. The molecule has 0 unspecified atom stereocenters. The van der Waals surface area contributed by atoms with Crippen LogP contribution in [-0.4, -0.2) is 20.7 Å². The normalized spacial score (nSPS) is 10.8. The van der Waals surface area contributed by atoms with Crippen molar-refractivity contribution < 1.29 is 4.79 Å². The molecule has 2 aromatic heterocycles. The molecule has 0 spiro atoms. The lowest BCUT2D eigenvalue weighted by molar-refractivity contribution is 0.101. The molecule has 0 radical (unpaired) electrons. The van der Waals surface area contributed by atoms with E-state index in [2.05, 4.69) is 31.4 Å². The number of aromatic amines is 1. The summed E-state index contributed by atoms with van der Waals surface area (Å²) in [6.07, 6.45) is 3.57. The maximum absolute atomic E-state index is 12.2. The smallest absolute Gasteiger partial charge is 0.272 e. The van der Waals surface area contributed by atoms with Crippen molar-refractivity contribution in [3.8, 4) is 0 Å². The summed E-state index contributed by atoms with van der Waals surface area (Å²) in [7, 11) is 1.83. The maximum atomic E-state index is 12.2. The number of benzene rings is 1. The summed E-state index contributed by atoms with van der Waals surface area (Å²) in [5.41, 5.74) is 2.13. The Bertz CT molecular complexity index is 759. The van der Waals surface area contributed by atoms with Gasteiger partial charge in [0.05, 0.1) is 17.4 Å². The fourth-order valence-corrected chi connectivity index (χ4v) is 2.53. The van der Waals surface area contributed by atoms with Crippen LogP contribution in [0.5, 0.6) is 0 Å². The van der Waals surface area contributed by atoms with Crippen LogP contribution in [0.2, 0.25) is 0 Å². The minimum atomic E-state index is -0.157. The molecule has 0 atom stereocenters. The van der Waals surface area contributed by atoms with E-state index in [0.717, 1.165) is 21.1 Å². The second-order valence-corrected chi connectivity index (χ2v) is 5.16. The SMILES string of the molecule is Cn1cc(Br)cc1C(=O)Nc1cccc2cn[nH]c12. The van der Waals surface area contributed by atoms with Gasteiger partial charge in [0, 0.05) is 23.1 Å². The zero-order valence-electron chi connectivity index (χ0n) is 10.1. The van der Waals surface area contributed by atoms with Crippen molar-refractivity contribution in [3.05, 3.63) is 46.8 Å². The Morgan fingerprint density at radius 2 is 2.32 bits per heavy atom. The van der Waals surface area contributed by atoms with Crippen LogP contribution in [-0.2, 0) is 7.05 Å². The van der Waals surface area contributed by atoms with Crippen molar-refractivity contribution in [3.63, 3.8) is 0 Å². The quantitative estimate of drug-likeness (QED) is 0.763. The lowest BCUT2D eigenvalue weighted by Crippen LogP contribution is -2.15. The average Bonchev–Trinajstić information content (AvgIpc) is 2.96. The van der Waals surface area contributed by atoms with Crippen molar-refractivity contribution in [2.75, 3.05) is 5.32 Å². The Morgan fingerprint density at radius 3 is 3.05 bits per heavy atom. The summed E-state index contributed by atoms with van der Waals surface area (Å²) in [4.78, 5) is 12.2. The summed E-state index contributed by atoms with van der Waals surface area (Å²) in [6.45, 7) is 0. The number of halogens is 1. The standard InChI is InChI=1S/C13H11BrN4O/c1-18-7-9(14)5-11(18)13(19)16-10-4-2-3-8-6-15-17-12(8)10/h2-7H,1H3,(H,15,17)(H,16,19).